The summed E-state index contributed by atoms with van der Waals surface area (Å²) in [6.07, 6.45) is 0.665. The Bertz CT molecular complexity index is 493. The van der Waals surface area contributed by atoms with Gasteiger partial charge < -0.3 is 9.64 Å². The molecule has 0 aromatic heterocycles. The molecule has 0 heterocycles. The molecule has 0 N–H and O–H groups in total. The molecule has 20 heavy (non-hydrogen) atoms. The Balaban J connectivity index is 3.14. The monoisotopic (exact) mass is 300 g/mol. The second-order valence-corrected chi connectivity index (χ2v) is 4.42. The zero-order valence-electron chi connectivity index (χ0n) is 11.5. The molecular formula is C13H17ClN2O4. The highest BCUT2D eigenvalue weighted by atomic mass is 35.5. The van der Waals surface area contributed by atoms with E-state index in [0.29, 0.717) is 25.4 Å². The fraction of sp³-hybridized carbons (Fsp3) is 0.462. The third-order valence-electron chi connectivity index (χ3n) is 2.86. The number of methoxy groups -OCH3 is 1. The van der Waals surface area contributed by atoms with Crippen molar-refractivity contribution >= 4 is 23.2 Å². The third kappa shape index (κ3) is 3.60. The highest BCUT2D eigenvalue weighted by Gasteiger charge is 2.25. The second kappa shape index (κ2) is 7.69. The van der Waals surface area contributed by atoms with Gasteiger partial charge in [-0.25, -0.2) is 0 Å². The zero-order chi connectivity index (χ0) is 15.1. The van der Waals surface area contributed by atoms with E-state index in [9.17, 15) is 14.9 Å². The van der Waals surface area contributed by atoms with E-state index >= 15 is 0 Å². The van der Waals surface area contributed by atoms with Crippen molar-refractivity contribution in [2.75, 3.05) is 26.1 Å². The molecule has 0 saturated heterocycles. The fourth-order valence-electron chi connectivity index (χ4n) is 1.88. The van der Waals surface area contributed by atoms with E-state index in [1.165, 1.54) is 25.3 Å². The predicted octanol–water partition coefficient (Wildman–Crippen LogP) is 2.69. The van der Waals surface area contributed by atoms with Crippen LogP contribution in [0.25, 0.3) is 0 Å². The summed E-state index contributed by atoms with van der Waals surface area (Å²) < 4.78 is 5.04. The largest absolute Gasteiger partial charge is 0.490 e. The van der Waals surface area contributed by atoms with E-state index in [2.05, 4.69) is 0 Å². The van der Waals surface area contributed by atoms with Crippen molar-refractivity contribution in [3.05, 3.63) is 33.9 Å². The first kappa shape index (κ1) is 16.2. The summed E-state index contributed by atoms with van der Waals surface area (Å²) in [6, 6.07) is 4.31. The van der Waals surface area contributed by atoms with E-state index in [1.54, 1.807) is 4.90 Å². The number of amides is 1. The van der Waals surface area contributed by atoms with E-state index in [0.717, 1.165) is 0 Å². The van der Waals surface area contributed by atoms with E-state index in [4.69, 9.17) is 16.3 Å². The molecule has 1 amide bonds. The van der Waals surface area contributed by atoms with Crippen LogP contribution in [-0.4, -0.2) is 41.8 Å². The zero-order valence-corrected chi connectivity index (χ0v) is 12.2. The topological polar surface area (TPSA) is 72.7 Å². The molecule has 1 aromatic carbocycles. The van der Waals surface area contributed by atoms with Crippen LogP contribution in [0.1, 0.15) is 23.7 Å². The molecule has 6 nitrogen and oxygen atoms in total. The van der Waals surface area contributed by atoms with Crippen LogP contribution in [0.2, 0.25) is 0 Å². The fourth-order valence-corrected chi connectivity index (χ4v) is 2.00. The van der Waals surface area contributed by atoms with Gasteiger partial charge in [0, 0.05) is 25.0 Å². The van der Waals surface area contributed by atoms with Gasteiger partial charge in [-0.15, -0.1) is 11.6 Å². The maximum absolute atomic E-state index is 12.4. The minimum Gasteiger partial charge on any atom is -0.490 e. The highest BCUT2D eigenvalue weighted by molar-refractivity contribution is 6.17. The average molecular weight is 301 g/mol. The summed E-state index contributed by atoms with van der Waals surface area (Å²) in [5.74, 6) is 0.153. The van der Waals surface area contributed by atoms with Crippen molar-refractivity contribution in [2.45, 2.75) is 13.3 Å². The molecular weight excluding hydrogens is 284 g/mol. The first-order chi connectivity index (χ1) is 9.56. The number of ether oxygens (including phenoxy) is 1. The molecule has 0 fully saturated rings. The van der Waals surface area contributed by atoms with Gasteiger partial charge in [-0.05, 0) is 19.4 Å². The van der Waals surface area contributed by atoms with Gasteiger partial charge in [-0.2, -0.15) is 0 Å². The first-order valence-corrected chi connectivity index (χ1v) is 6.76. The third-order valence-corrected chi connectivity index (χ3v) is 3.12. The van der Waals surface area contributed by atoms with E-state index < -0.39 is 4.92 Å². The smallest absolute Gasteiger partial charge is 0.311 e. The summed E-state index contributed by atoms with van der Waals surface area (Å²) in [6.45, 7) is 2.85. The van der Waals surface area contributed by atoms with Crippen LogP contribution in [0, 0.1) is 10.1 Å². The average Bonchev–Trinajstić information content (AvgIpc) is 2.46. The number of rotatable bonds is 7. The Morgan fingerprint density at radius 3 is 2.70 bits per heavy atom. The van der Waals surface area contributed by atoms with Gasteiger partial charge in [0.05, 0.1) is 17.6 Å². The lowest BCUT2D eigenvalue weighted by Crippen LogP contribution is -2.32. The van der Waals surface area contributed by atoms with Crippen LogP contribution in [0.3, 0.4) is 0 Å². The van der Waals surface area contributed by atoms with Crippen molar-refractivity contribution in [3.63, 3.8) is 0 Å². The first-order valence-electron chi connectivity index (χ1n) is 6.23. The molecule has 1 aromatic rings. The number of carbonyl (C=O) groups is 1. The minimum absolute atomic E-state index is 0.00757. The van der Waals surface area contributed by atoms with Gasteiger partial charge >= 0.3 is 5.69 Å². The molecule has 7 heteroatoms. The molecule has 0 unspecified atom stereocenters. The van der Waals surface area contributed by atoms with Gasteiger partial charge in [-0.1, -0.05) is 6.07 Å². The Morgan fingerprint density at radius 1 is 1.50 bits per heavy atom. The Labute approximate surface area is 122 Å². The SMILES string of the molecule is CCN(CCCCl)C(=O)c1cccc([N+](=O)[O-])c1OC. The van der Waals surface area contributed by atoms with Gasteiger partial charge in [0.25, 0.3) is 5.91 Å². The van der Waals surface area contributed by atoms with Crippen LogP contribution in [0.4, 0.5) is 5.69 Å². The van der Waals surface area contributed by atoms with Crippen LogP contribution >= 0.6 is 11.6 Å². The lowest BCUT2D eigenvalue weighted by atomic mass is 10.1. The lowest BCUT2D eigenvalue weighted by Gasteiger charge is -2.21. The molecule has 0 aliphatic heterocycles. The van der Waals surface area contributed by atoms with Crippen molar-refractivity contribution in [3.8, 4) is 5.75 Å². The quantitative estimate of drug-likeness (QED) is 0.441. The van der Waals surface area contributed by atoms with Crippen molar-refractivity contribution in [1.29, 1.82) is 0 Å². The van der Waals surface area contributed by atoms with Crippen LogP contribution in [-0.2, 0) is 0 Å². The maximum atomic E-state index is 12.4. The van der Waals surface area contributed by atoms with Gasteiger partial charge in [0.2, 0.25) is 5.75 Å². The Hall–Kier alpha value is -1.82. The predicted molar refractivity (Wildman–Crippen MR) is 76.6 cm³/mol. The number of nitro benzene ring substituents is 1. The molecule has 0 radical (unpaired) electrons. The van der Waals surface area contributed by atoms with Crippen LogP contribution in [0.15, 0.2) is 18.2 Å². The van der Waals surface area contributed by atoms with Gasteiger partial charge in [0.1, 0.15) is 0 Å². The second-order valence-electron chi connectivity index (χ2n) is 4.04. The van der Waals surface area contributed by atoms with Crippen LogP contribution in [0.5, 0.6) is 5.75 Å². The highest BCUT2D eigenvalue weighted by Crippen LogP contribution is 2.31. The summed E-state index contributed by atoms with van der Waals surface area (Å²) in [5.41, 5.74) is -0.0233. The molecule has 0 atom stereocenters. The van der Waals surface area contributed by atoms with Crippen LogP contribution < -0.4 is 4.74 Å². The summed E-state index contributed by atoms with van der Waals surface area (Å²) in [7, 11) is 1.31. The van der Waals surface area contributed by atoms with Crippen molar-refractivity contribution in [1.82, 2.24) is 4.90 Å². The standard InChI is InChI=1S/C13H17ClN2O4/c1-3-15(9-5-8-14)13(17)10-6-4-7-11(16(18)19)12(10)20-2/h4,6-7H,3,5,8-9H2,1-2H3. The summed E-state index contributed by atoms with van der Waals surface area (Å²) in [5, 5.41) is 11.0. The van der Waals surface area contributed by atoms with Crippen molar-refractivity contribution in [2.24, 2.45) is 0 Å². The molecule has 1 rings (SSSR count). The Kier molecular flexibility index (Phi) is 6.24. The number of nitro groups is 1. The minimum atomic E-state index is -0.565. The van der Waals surface area contributed by atoms with Gasteiger partial charge in [0.15, 0.2) is 0 Å². The van der Waals surface area contributed by atoms with Crippen molar-refractivity contribution < 1.29 is 14.5 Å². The molecule has 0 aliphatic carbocycles. The van der Waals surface area contributed by atoms with E-state index in [-0.39, 0.29) is 22.9 Å². The molecule has 110 valence electrons. The normalized spacial score (nSPS) is 10.2. The van der Waals surface area contributed by atoms with Gasteiger partial charge in [-0.3, -0.25) is 14.9 Å². The van der Waals surface area contributed by atoms with E-state index in [1.807, 2.05) is 6.92 Å². The summed E-state index contributed by atoms with van der Waals surface area (Å²) >= 11 is 5.63. The number of hydrogen-bond acceptors (Lipinski definition) is 4. The number of para-hydroxylation sites is 1. The number of benzene rings is 1. The Morgan fingerprint density at radius 2 is 2.20 bits per heavy atom. The molecule has 0 aliphatic rings. The summed E-state index contributed by atoms with van der Waals surface area (Å²) in [4.78, 5) is 24.4. The number of carbonyl (C=O) groups excluding carboxylic acids is 1. The molecule has 0 saturated carbocycles. The maximum Gasteiger partial charge on any atom is 0.311 e. The number of hydrogen-bond donors (Lipinski definition) is 0. The lowest BCUT2D eigenvalue weighted by molar-refractivity contribution is -0.385. The number of alkyl halides is 1. The molecule has 0 spiro atoms. The number of nitrogens with zero attached hydrogens (tertiary/aromatic N) is 2. The number of halogens is 1. The molecule has 0 bridgehead atoms.